The van der Waals surface area contributed by atoms with Crippen LogP contribution in [-0.4, -0.2) is 51.3 Å². The highest BCUT2D eigenvalue weighted by Gasteiger charge is 2.34. The van der Waals surface area contributed by atoms with Gasteiger partial charge in [0.05, 0.1) is 19.6 Å². The van der Waals surface area contributed by atoms with Crippen molar-refractivity contribution >= 4 is 5.97 Å². The third kappa shape index (κ3) is 2.69. The molecule has 0 bridgehead atoms. The number of carbonyl (C=O) groups excluding carboxylic acids is 1. The molecule has 82 valence electrons. The van der Waals surface area contributed by atoms with E-state index in [0.717, 1.165) is 26.2 Å². The highest BCUT2D eigenvalue weighted by atomic mass is 16.5. The highest BCUT2D eigenvalue weighted by Crippen LogP contribution is 2.23. The highest BCUT2D eigenvalue weighted by molar-refractivity contribution is 5.73. The number of hydrogen-bond acceptors (Lipinski definition) is 4. The Kier molecular flexibility index (Phi) is 4.35. The zero-order valence-corrected chi connectivity index (χ0v) is 9.16. The summed E-state index contributed by atoms with van der Waals surface area (Å²) in [5.74, 6) is 0.341. The lowest BCUT2D eigenvalue weighted by Gasteiger charge is -2.14. The summed E-state index contributed by atoms with van der Waals surface area (Å²) in [6, 6.07) is 0. The number of hydrogen-bond donors (Lipinski definition) is 0. The lowest BCUT2D eigenvalue weighted by atomic mass is 9.99. The number of ether oxygens (including phenoxy) is 2. The molecule has 4 nitrogen and oxygen atoms in total. The SMILES string of the molecule is COCCN1CC(C)C(C(=O)OC)C1. The molecule has 0 amide bonds. The summed E-state index contributed by atoms with van der Waals surface area (Å²) in [5.41, 5.74) is 0. The summed E-state index contributed by atoms with van der Waals surface area (Å²) in [7, 11) is 3.14. The second kappa shape index (κ2) is 5.32. The van der Waals surface area contributed by atoms with Gasteiger partial charge in [0.1, 0.15) is 0 Å². The van der Waals surface area contributed by atoms with Crippen LogP contribution in [0.25, 0.3) is 0 Å². The molecule has 1 saturated heterocycles. The van der Waals surface area contributed by atoms with Crippen molar-refractivity contribution in [3.8, 4) is 0 Å². The standard InChI is InChI=1S/C10H19NO3/c1-8-6-11(4-5-13-2)7-9(8)10(12)14-3/h8-9H,4-7H2,1-3H3. The van der Waals surface area contributed by atoms with Crippen LogP contribution in [0, 0.1) is 11.8 Å². The zero-order valence-electron chi connectivity index (χ0n) is 9.16. The van der Waals surface area contributed by atoms with Crippen molar-refractivity contribution in [2.45, 2.75) is 6.92 Å². The number of carbonyl (C=O) groups is 1. The first-order valence-corrected chi connectivity index (χ1v) is 4.98. The van der Waals surface area contributed by atoms with Crippen LogP contribution < -0.4 is 0 Å². The van der Waals surface area contributed by atoms with Crippen LogP contribution in [0.2, 0.25) is 0 Å². The Morgan fingerprint density at radius 2 is 2.14 bits per heavy atom. The molecule has 0 spiro atoms. The molecular weight excluding hydrogens is 182 g/mol. The molecule has 0 saturated carbocycles. The normalized spacial score (nSPS) is 27.9. The van der Waals surface area contributed by atoms with E-state index < -0.39 is 0 Å². The molecule has 0 radical (unpaired) electrons. The van der Waals surface area contributed by atoms with Gasteiger partial charge in [0.25, 0.3) is 0 Å². The fraction of sp³-hybridized carbons (Fsp3) is 0.900. The van der Waals surface area contributed by atoms with Gasteiger partial charge >= 0.3 is 5.97 Å². The maximum Gasteiger partial charge on any atom is 0.310 e. The van der Waals surface area contributed by atoms with E-state index in [2.05, 4.69) is 11.8 Å². The smallest absolute Gasteiger partial charge is 0.310 e. The summed E-state index contributed by atoms with van der Waals surface area (Å²) in [6.45, 7) is 5.48. The summed E-state index contributed by atoms with van der Waals surface area (Å²) >= 11 is 0. The fourth-order valence-corrected chi connectivity index (χ4v) is 1.93. The molecule has 14 heavy (non-hydrogen) atoms. The van der Waals surface area contributed by atoms with Crippen LogP contribution in [0.15, 0.2) is 0 Å². The van der Waals surface area contributed by atoms with E-state index in [4.69, 9.17) is 9.47 Å². The Balaban J connectivity index is 2.39. The maximum absolute atomic E-state index is 11.4. The Hall–Kier alpha value is -0.610. The van der Waals surface area contributed by atoms with Crippen molar-refractivity contribution < 1.29 is 14.3 Å². The molecule has 0 aromatic heterocycles. The van der Waals surface area contributed by atoms with Gasteiger partial charge in [0.2, 0.25) is 0 Å². The predicted molar refractivity (Wildman–Crippen MR) is 53.0 cm³/mol. The van der Waals surface area contributed by atoms with Gasteiger partial charge in [-0.2, -0.15) is 0 Å². The van der Waals surface area contributed by atoms with Gasteiger partial charge in [-0.15, -0.1) is 0 Å². The van der Waals surface area contributed by atoms with Gasteiger partial charge in [-0.1, -0.05) is 6.92 Å². The maximum atomic E-state index is 11.4. The second-order valence-electron chi connectivity index (χ2n) is 3.86. The molecule has 0 aliphatic carbocycles. The molecule has 2 unspecified atom stereocenters. The van der Waals surface area contributed by atoms with E-state index in [0.29, 0.717) is 5.92 Å². The average Bonchev–Trinajstić information content (AvgIpc) is 2.55. The van der Waals surface area contributed by atoms with Gasteiger partial charge in [-0.05, 0) is 5.92 Å². The number of rotatable bonds is 4. The average molecular weight is 201 g/mol. The first-order valence-electron chi connectivity index (χ1n) is 4.98. The Morgan fingerprint density at radius 1 is 1.43 bits per heavy atom. The van der Waals surface area contributed by atoms with Crippen molar-refractivity contribution in [3.63, 3.8) is 0 Å². The molecule has 4 heteroatoms. The molecule has 1 heterocycles. The van der Waals surface area contributed by atoms with Gasteiger partial charge < -0.3 is 9.47 Å². The monoisotopic (exact) mass is 201 g/mol. The zero-order chi connectivity index (χ0) is 10.6. The summed E-state index contributed by atoms with van der Waals surface area (Å²) in [5, 5.41) is 0. The first-order chi connectivity index (χ1) is 6.69. The Morgan fingerprint density at radius 3 is 2.71 bits per heavy atom. The van der Waals surface area contributed by atoms with Crippen LogP contribution in [0.3, 0.4) is 0 Å². The lowest BCUT2D eigenvalue weighted by Crippen LogP contribution is -2.27. The van der Waals surface area contributed by atoms with Crippen LogP contribution in [0.4, 0.5) is 0 Å². The molecule has 0 aromatic carbocycles. The van der Waals surface area contributed by atoms with Crippen molar-refractivity contribution in [3.05, 3.63) is 0 Å². The second-order valence-corrected chi connectivity index (χ2v) is 3.86. The Labute approximate surface area is 85.2 Å². The molecule has 1 fully saturated rings. The summed E-state index contributed by atoms with van der Waals surface area (Å²) in [6.07, 6.45) is 0. The van der Waals surface area contributed by atoms with Crippen molar-refractivity contribution in [2.75, 3.05) is 40.5 Å². The van der Waals surface area contributed by atoms with Crippen LogP contribution in [0.5, 0.6) is 0 Å². The minimum absolute atomic E-state index is 0.0388. The van der Waals surface area contributed by atoms with E-state index in [1.807, 2.05) is 0 Å². The first kappa shape index (κ1) is 11.5. The van der Waals surface area contributed by atoms with Gasteiger partial charge in [-0.3, -0.25) is 9.69 Å². The Bertz CT molecular complexity index is 196. The number of nitrogens with zero attached hydrogens (tertiary/aromatic N) is 1. The third-order valence-electron chi connectivity index (χ3n) is 2.80. The van der Waals surface area contributed by atoms with Gasteiger partial charge in [0.15, 0.2) is 0 Å². The molecular formula is C10H19NO3. The molecule has 0 aromatic rings. The van der Waals surface area contributed by atoms with E-state index in [9.17, 15) is 4.79 Å². The summed E-state index contributed by atoms with van der Waals surface area (Å²) < 4.78 is 9.76. The topological polar surface area (TPSA) is 38.8 Å². The third-order valence-corrected chi connectivity index (χ3v) is 2.80. The quantitative estimate of drug-likeness (QED) is 0.616. The molecule has 2 atom stereocenters. The predicted octanol–water partition coefficient (Wildman–Crippen LogP) is 0.374. The molecule has 1 aliphatic heterocycles. The lowest BCUT2D eigenvalue weighted by molar-refractivity contribution is -0.146. The van der Waals surface area contributed by atoms with Crippen molar-refractivity contribution in [2.24, 2.45) is 11.8 Å². The molecule has 1 rings (SSSR count). The van der Waals surface area contributed by atoms with E-state index >= 15 is 0 Å². The fourth-order valence-electron chi connectivity index (χ4n) is 1.93. The van der Waals surface area contributed by atoms with Crippen LogP contribution in [0.1, 0.15) is 6.92 Å². The van der Waals surface area contributed by atoms with E-state index in [-0.39, 0.29) is 11.9 Å². The van der Waals surface area contributed by atoms with E-state index in [1.165, 1.54) is 7.11 Å². The van der Waals surface area contributed by atoms with E-state index in [1.54, 1.807) is 7.11 Å². The number of likely N-dealkylation sites (tertiary alicyclic amines) is 1. The minimum Gasteiger partial charge on any atom is -0.469 e. The van der Waals surface area contributed by atoms with Crippen LogP contribution in [-0.2, 0) is 14.3 Å². The number of esters is 1. The van der Waals surface area contributed by atoms with Gasteiger partial charge in [0, 0.05) is 26.7 Å². The number of methoxy groups -OCH3 is 2. The minimum atomic E-state index is -0.0857. The van der Waals surface area contributed by atoms with Crippen molar-refractivity contribution in [1.82, 2.24) is 4.90 Å². The summed E-state index contributed by atoms with van der Waals surface area (Å²) in [4.78, 5) is 13.6. The van der Waals surface area contributed by atoms with Crippen LogP contribution >= 0.6 is 0 Å². The molecule has 0 N–H and O–H groups in total. The van der Waals surface area contributed by atoms with Gasteiger partial charge in [-0.25, -0.2) is 0 Å². The van der Waals surface area contributed by atoms with Crippen molar-refractivity contribution in [1.29, 1.82) is 0 Å². The molecule has 1 aliphatic rings. The largest absolute Gasteiger partial charge is 0.469 e.